The van der Waals surface area contributed by atoms with Crippen LogP contribution >= 0.6 is 35.6 Å². The third-order valence-electron chi connectivity index (χ3n) is 6.46. The lowest BCUT2D eigenvalue weighted by Gasteiger charge is -2.39. The number of hydrogen-bond donors (Lipinski definition) is 3. The van der Waals surface area contributed by atoms with Gasteiger partial charge in [-0.3, -0.25) is 9.89 Å². The molecule has 4 rings (SSSR count). The van der Waals surface area contributed by atoms with Crippen LogP contribution in [-0.2, 0) is 6.54 Å². The summed E-state index contributed by atoms with van der Waals surface area (Å²) >= 11 is 6.22. The number of guanidine groups is 1. The normalized spacial score (nSPS) is 24.0. The molecule has 2 aromatic carbocycles. The highest BCUT2D eigenvalue weighted by Crippen LogP contribution is 2.36. The summed E-state index contributed by atoms with van der Waals surface area (Å²) in [5.74, 6) is 0.773. The molecule has 2 aliphatic rings. The van der Waals surface area contributed by atoms with E-state index in [9.17, 15) is 5.11 Å². The predicted octanol–water partition coefficient (Wildman–Crippen LogP) is 4.74. The Labute approximate surface area is 213 Å². The molecule has 2 saturated heterocycles. The zero-order valence-electron chi connectivity index (χ0n) is 18.6. The molecule has 0 amide bonds. The molecular formula is C25H34ClIN4O. The number of aliphatic hydroxyl groups excluding tert-OH is 1. The van der Waals surface area contributed by atoms with Crippen molar-refractivity contribution in [2.45, 2.75) is 63.4 Å². The second-order valence-electron chi connectivity index (χ2n) is 8.61. The van der Waals surface area contributed by atoms with Gasteiger partial charge in [-0.1, -0.05) is 60.1 Å². The summed E-state index contributed by atoms with van der Waals surface area (Å²) in [5, 5.41) is 18.1. The number of nitrogens with one attached hydrogen (secondary N) is 2. The summed E-state index contributed by atoms with van der Waals surface area (Å²) in [6.45, 7) is 4.17. The van der Waals surface area contributed by atoms with E-state index in [0.29, 0.717) is 23.1 Å². The van der Waals surface area contributed by atoms with Crippen LogP contribution in [0.3, 0.4) is 0 Å². The van der Waals surface area contributed by atoms with Gasteiger partial charge in [0.05, 0.1) is 6.54 Å². The molecule has 7 heteroatoms. The van der Waals surface area contributed by atoms with Crippen LogP contribution in [0.2, 0.25) is 5.02 Å². The van der Waals surface area contributed by atoms with Gasteiger partial charge in [0.25, 0.3) is 0 Å². The summed E-state index contributed by atoms with van der Waals surface area (Å²) in [7, 11) is 0. The van der Waals surface area contributed by atoms with Crippen LogP contribution in [0.4, 0.5) is 0 Å². The number of benzene rings is 2. The number of fused-ring (bicyclic) bond motifs is 2. The summed E-state index contributed by atoms with van der Waals surface area (Å²) in [5.41, 5.74) is 2.12. The van der Waals surface area contributed by atoms with Crippen molar-refractivity contribution in [1.29, 1.82) is 0 Å². The first-order chi connectivity index (χ1) is 15.1. The summed E-state index contributed by atoms with van der Waals surface area (Å²) in [6.07, 6.45) is 4.08. The van der Waals surface area contributed by atoms with Gasteiger partial charge in [0.15, 0.2) is 5.96 Å². The molecule has 0 saturated carbocycles. The molecule has 5 nitrogen and oxygen atoms in total. The average Bonchev–Trinajstić information content (AvgIpc) is 3.01. The first-order valence-corrected chi connectivity index (χ1v) is 11.8. The van der Waals surface area contributed by atoms with Crippen molar-refractivity contribution in [2.24, 2.45) is 4.99 Å². The van der Waals surface area contributed by atoms with Crippen LogP contribution < -0.4 is 10.6 Å². The van der Waals surface area contributed by atoms with E-state index in [4.69, 9.17) is 11.6 Å². The number of nitrogens with zero attached hydrogens (tertiary/aromatic N) is 2. The van der Waals surface area contributed by atoms with Gasteiger partial charge in [-0.2, -0.15) is 0 Å². The minimum atomic E-state index is -0.715. The average molecular weight is 569 g/mol. The van der Waals surface area contributed by atoms with Crippen LogP contribution in [0.1, 0.15) is 49.8 Å². The molecule has 0 aliphatic carbocycles. The molecule has 0 radical (unpaired) electrons. The van der Waals surface area contributed by atoms with Gasteiger partial charge in [0.2, 0.25) is 0 Å². The first kappa shape index (κ1) is 25.3. The Morgan fingerprint density at radius 2 is 1.75 bits per heavy atom. The Morgan fingerprint density at radius 3 is 2.41 bits per heavy atom. The third kappa shape index (κ3) is 6.37. The number of aliphatic imine (C=N–C) groups is 1. The molecule has 2 heterocycles. The highest BCUT2D eigenvalue weighted by atomic mass is 127. The first-order valence-electron chi connectivity index (χ1n) is 11.4. The number of rotatable bonds is 7. The molecule has 32 heavy (non-hydrogen) atoms. The Balaban J connectivity index is 0.00000289. The van der Waals surface area contributed by atoms with Gasteiger partial charge in [-0.25, -0.2) is 0 Å². The zero-order valence-corrected chi connectivity index (χ0v) is 21.7. The van der Waals surface area contributed by atoms with E-state index in [1.54, 1.807) is 6.07 Å². The topological polar surface area (TPSA) is 59.9 Å². The van der Waals surface area contributed by atoms with E-state index >= 15 is 0 Å². The Morgan fingerprint density at radius 1 is 1.09 bits per heavy atom. The predicted molar refractivity (Wildman–Crippen MR) is 143 cm³/mol. The van der Waals surface area contributed by atoms with Crippen molar-refractivity contribution in [3.05, 3.63) is 70.7 Å². The molecule has 0 aromatic heterocycles. The van der Waals surface area contributed by atoms with Crippen molar-refractivity contribution in [3.63, 3.8) is 0 Å². The maximum absolute atomic E-state index is 10.5. The highest BCUT2D eigenvalue weighted by molar-refractivity contribution is 14.0. The molecule has 2 aliphatic heterocycles. The Bertz CT molecular complexity index is 867. The largest absolute Gasteiger partial charge is 0.386 e. The van der Waals surface area contributed by atoms with E-state index in [1.807, 2.05) is 18.2 Å². The minimum Gasteiger partial charge on any atom is -0.386 e. The maximum atomic E-state index is 10.5. The van der Waals surface area contributed by atoms with Gasteiger partial charge in [-0.15, -0.1) is 24.0 Å². The van der Waals surface area contributed by atoms with Crippen molar-refractivity contribution in [2.75, 3.05) is 13.1 Å². The van der Waals surface area contributed by atoms with Crippen LogP contribution in [0.25, 0.3) is 0 Å². The molecule has 174 valence electrons. The minimum absolute atomic E-state index is 0. The molecule has 3 unspecified atom stereocenters. The van der Waals surface area contributed by atoms with Crippen LogP contribution in [0, 0.1) is 0 Å². The van der Waals surface area contributed by atoms with Crippen molar-refractivity contribution < 1.29 is 5.11 Å². The second kappa shape index (κ2) is 12.2. The molecular weight excluding hydrogens is 535 g/mol. The van der Waals surface area contributed by atoms with Gasteiger partial charge >= 0.3 is 0 Å². The standard InChI is InChI=1S/C25H33ClN4O.HI/c1-2-27-25(28-16-24(31)22-10-6-7-11-23(22)26)29-19-14-20-12-13-21(15-19)30(20)17-18-8-4-3-5-9-18;/h3-11,19-21,24,31H,2,12-17H2,1H3,(H2,27,28,29);1H. The van der Waals surface area contributed by atoms with E-state index < -0.39 is 6.10 Å². The Kier molecular flexibility index (Phi) is 9.64. The molecule has 3 N–H and O–H groups in total. The smallest absolute Gasteiger partial charge is 0.191 e. The van der Waals surface area contributed by atoms with Crippen molar-refractivity contribution in [1.82, 2.24) is 15.5 Å². The van der Waals surface area contributed by atoms with Gasteiger partial charge in [0.1, 0.15) is 6.10 Å². The molecule has 3 atom stereocenters. The van der Waals surface area contributed by atoms with Crippen LogP contribution in [0.15, 0.2) is 59.6 Å². The van der Waals surface area contributed by atoms with E-state index in [-0.39, 0.29) is 30.5 Å². The summed E-state index contributed by atoms with van der Waals surface area (Å²) in [6, 6.07) is 19.8. The lowest BCUT2D eigenvalue weighted by Crippen LogP contribution is -2.52. The van der Waals surface area contributed by atoms with Gasteiger partial charge in [0, 0.05) is 41.8 Å². The van der Waals surface area contributed by atoms with Crippen molar-refractivity contribution in [3.8, 4) is 0 Å². The summed E-state index contributed by atoms with van der Waals surface area (Å²) < 4.78 is 0. The Hall–Kier alpha value is -1.35. The fourth-order valence-electron chi connectivity index (χ4n) is 4.98. The van der Waals surface area contributed by atoms with E-state index in [2.05, 4.69) is 57.8 Å². The zero-order chi connectivity index (χ0) is 21.6. The third-order valence-corrected chi connectivity index (χ3v) is 6.81. The van der Waals surface area contributed by atoms with E-state index in [0.717, 1.165) is 37.5 Å². The number of hydrogen-bond acceptors (Lipinski definition) is 3. The maximum Gasteiger partial charge on any atom is 0.191 e. The van der Waals surface area contributed by atoms with Crippen molar-refractivity contribution >= 4 is 41.5 Å². The fraction of sp³-hybridized carbons (Fsp3) is 0.480. The number of aliphatic hydroxyl groups is 1. The molecule has 2 fully saturated rings. The SMILES string of the molecule is CCNC(=NCC(O)c1ccccc1Cl)NC1CC2CCC(C1)N2Cc1ccccc1.I. The number of halogens is 2. The monoisotopic (exact) mass is 568 g/mol. The molecule has 0 spiro atoms. The van der Waals surface area contributed by atoms with E-state index in [1.165, 1.54) is 18.4 Å². The van der Waals surface area contributed by atoms with Crippen LogP contribution in [-0.4, -0.2) is 47.2 Å². The lowest BCUT2D eigenvalue weighted by atomic mass is 9.96. The molecule has 2 bridgehead atoms. The van der Waals surface area contributed by atoms with Gasteiger partial charge < -0.3 is 15.7 Å². The lowest BCUT2D eigenvalue weighted by molar-refractivity contribution is 0.114. The quantitative estimate of drug-likeness (QED) is 0.257. The molecule has 2 aromatic rings. The highest BCUT2D eigenvalue weighted by Gasteiger charge is 2.40. The number of piperidine rings is 1. The fourth-order valence-corrected chi connectivity index (χ4v) is 5.24. The van der Waals surface area contributed by atoms with Gasteiger partial charge in [-0.05, 0) is 44.2 Å². The van der Waals surface area contributed by atoms with Crippen LogP contribution in [0.5, 0.6) is 0 Å². The summed E-state index contributed by atoms with van der Waals surface area (Å²) in [4.78, 5) is 7.35. The second-order valence-corrected chi connectivity index (χ2v) is 9.02.